The Morgan fingerprint density at radius 3 is 3.17 bits per heavy atom. The lowest BCUT2D eigenvalue weighted by molar-refractivity contribution is 0.108. The molecule has 1 aliphatic heterocycles. The molecule has 0 spiro atoms. The first-order valence-electron chi connectivity index (χ1n) is 5.56. The Hall–Kier alpha value is -1.11. The van der Waals surface area contributed by atoms with Crippen LogP contribution in [-0.2, 0) is 17.8 Å². The highest BCUT2D eigenvalue weighted by molar-refractivity contribution is 9.10. The van der Waals surface area contributed by atoms with Gasteiger partial charge in [-0.05, 0) is 28.1 Å². The number of ether oxygens (including phenoxy) is 1. The summed E-state index contributed by atoms with van der Waals surface area (Å²) in [6.45, 7) is 1.26. The fourth-order valence-electron chi connectivity index (χ4n) is 1.93. The van der Waals surface area contributed by atoms with Gasteiger partial charge in [0.25, 0.3) is 0 Å². The minimum Gasteiger partial charge on any atom is -0.376 e. The third kappa shape index (κ3) is 2.11. The summed E-state index contributed by atoms with van der Waals surface area (Å²) in [6.07, 6.45) is 2.57. The molecule has 0 bridgehead atoms. The zero-order chi connectivity index (χ0) is 12.5. The van der Waals surface area contributed by atoms with E-state index in [0.717, 1.165) is 27.8 Å². The highest BCUT2D eigenvalue weighted by atomic mass is 79.9. The average molecular weight is 324 g/mol. The Morgan fingerprint density at radius 1 is 1.44 bits per heavy atom. The van der Waals surface area contributed by atoms with Crippen molar-refractivity contribution in [1.29, 1.82) is 0 Å². The van der Waals surface area contributed by atoms with Gasteiger partial charge < -0.3 is 9.72 Å². The molecule has 0 atom stereocenters. The molecule has 2 aromatic rings. The largest absolute Gasteiger partial charge is 0.376 e. The number of hydrogen-bond donors (Lipinski definition) is 1. The number of hydrogen-bond acceptors (Lipinski definition) is 4. The number of nitrogens with zero attached hydrogens (tertiary/aromatic N) is 2. The number of nitrogens with one attached hydrogen (secondary N) is 1. The summed E-state index contributed by atoms with van der Waals surface area (Å²) in [4.78, 5) is 12.0. The molecule has 18 heavy (non-hydrogen) atoms. The van der Waals surface area contributed by atoms with Gasteiger partial charge in [-0.1, -0.05) is 12.2 Å². The predicted molar refractivity (Wildman–Crippen MR) is 73.7 cm³/mol. The van der Waals surface area contributed by atoms with Crippen molar-refractivity contribution < 1.29 is 4.74 Å². The molecule has 1 N–H and O–H groups in total. The number of H-pyrrole nitrogens is 1. The fraction of sp³-hybridized carbons (Fsp3) is 0.250. The summed E-state index contributed by atoms with van der Waals surface area (Å²) in [5, 5.41) is 0. The van der Waals surface area contributed by atoms with Crippen molar-refractivity contribution >= 4 is 28.1 Å². The monoisotopic (exact) mass is 323 g/mol. The number of aromatic nitrogens is 3. The van der Waals surface area contributed by atoms with E-state index in [4.69, 9.17) is 17.0 Å². The SMILES string of the molecule is S=c1nc(-c2ncccc2Br)[nH]c2c1COCC2. The molecule has 3 rings (SSSR count). The summed E-state index contributed by atoms with van der Waals surface area (Å²) >= 11 is 8.79. The van der Waals surface area contributed by atoms with Crippen LogP contribution < -0.4 is 0 Å². The Labute approximate surface area is 118 Å². The molecular formula is C12H10BrN3OS. The minimum absolute atomic E-state index is 0.543. The van der Waals surface area contributed by atoms with Gasteiger partial charge in [0.15, 0.2) is 5.82 Å². The zero-order valence-corrected chi connectivity index (χ0v) is 11.8. The van der Waals surface area contributed by atoms with Gasteiger partial charge in [0, 0.05) is 28.3 Å². The second-order valence-corrected chi connectivity index (χ2v) is 5.23. The fourth-order valence-corrected chi connectivity index (χ4v) is 2.64. The highest BCUT2D eigenvalue weighted by Gasteiger charge is 2.15. The Bertz CT molecular complexity index is 656. The van der Waals surface area contributed by atoms with Crippen LogP contribution >= 0.6 is 28.1 Å². The maximum Gasteiger partial charge on any atom is 0.159 e. The van der Waals surface area contributed by atoms with Crippen LogP contribution in [0, 0.1) is 4.64 Å². The van der Waals surface area contributed by atoms with E-state index in [1.54, 1.807) is 6.20 Å². The number of halogens is 1. The lowest BCUT2D eigenvalue weighted by Gasteiger charge is -2.17. The average Bonchev–Trinajstić information content (AvgIpc) is 2.39. The van der Waals surface area contributed by atoms with Crippen LogP contribution in [0.2, 0.25) is 0 Å². The molecule has 0 aliphatic carbocycles. The highest BCUT2D eigenvalue weighted by Crippen LogP contribution is 2.25. The summed E-state index contributed by atoms with van der Waals surface area (Å²) in [5.74, 6) is 0.702. The first-order valence-corrected chi connectivity index (χ1v) is 6.76. The molecule has 0 saturated heterocycles. The van der Waals surface area contributed by atoms with Crippen molar-refractivity contribution in [3.8, 4) is 11.5 Å². The van der Waals surface area contributed by atoms with E-state index >= 15 is 0 Å². The zero-order valence-electron chi connectivity index (χ0n) is 9.44. The molecule has 2 aromatic heterocycles. The first kappa shape index (κ1) is 12.0. The Balaban J connectivity index is 2.17. The molecule has 0 aromatic carbocycles. The van der Waals surface area contributed by atoms with E-state index in [-0.39, 0.29) is 0 Å². The van der Waals surface area contributed by atoms with Gasteiger partial charge in [-0.3, -0.25) is 4.98 Å². The lowest BCUT2D eigenvalue weighted by atomic mass is 10.1. The molecule has 3 heterocycles. The van der Waals surface area contributed by atoms with E-state index < -0.39 is 0 Å². The number of pyridine rings is 1. The quantitative estimate of drug-likeness (QED) is 0.819. The maximum absolute atomic E-state index is 5.39. The van der Waals surface area contributed by atoms with E-state index in [2.05, 4.69) is 30.9 Å². The second-order valence-electron chi connectivity index (χ2n) is 3.98. The summed E-state index contributed by atoms with van der Waals surface area (Å²) in [6, 6.07) is 3.80. The smallest absolute Gasteiger partial charge is 0.159 e. The van der Waals surface area contributed by atoms with E-state index in [9.17, 15) is 0 Å². The lowest BCUT2D eigenvalue weighted by Crippen LogP contribution is -2.14. The molecule has 0 fully saturated rings. The van der Waals surface area contributed by atoms with Crippen LogP contribution in [0.25, 0.3) is 11.5 Å². The van der Waals surface area contributed by atoms with Gasteiger partial charge in [-0.15, -0.1) is 0 Å². The van der Waals surface area contributed by atoms with Crippen LogP contribution in [0.5, 0.6) is 0 Å². The Morgan fingerprint density at radius 2 is 2.33 bits per heavy atom. The number of fused-ring (bicyclic) bond motifs is 1. The third-order valence-electron chi connectivity index (χ3n) is 2.83. The molecule has 6 heteroatoms. The van der Waals surface area contributed by atoms with Crippen LogP contribution in [-0.4, -0.2) is 21.6 Å². The van der Waals surface area contributed by atoms with Crippen molar-refractivity contribution in [2.75, 3.05) is 6.61 Å². The summed E-state index contributed by atoms with van der Waals surface area (Å²) < 4.78 is 6.89. The number of aromatic amines is 1. The topological polar surface area (TPSA) is 50.8 Å². The summed E-state index contributed by atoms with van der Waals surface area (Å²) in [5.41, 5.74) is 2.87. The molecular weight excluding hydrogens is 314 g/mol. The maximum atomic E-state index is 5.39. The predicted octanol–water partition coefficient (Wildman–Crippen LogP) is 3.04. The third-order valence-corrected chi connectivity index (χ3v) is 3.81. The molecule has 1 aliphatic rings. The van der Waals surface area contributed by atoms with Gasteiger partial charge in [-0.25, -0.2) is 4.98 Å². The molecule has 4 nitrogen and oxygen atoms in total. The molecule has 0 amide bonds. The van der Waals surface area contributed by atoms with Gasteiger partial charge in [-0.2, -0.15) is 0 Å². The van der Waals surface area contributed by atoms with Gasteiger partial charge in [0.05, 0.1) is 13.2 Å². The molecule has 0 saturated carbocycles. The van der Waals surface area contributed by atoms with E-state index in [1.165, 1.54) is 0 Å². The standard InChI is InChI=1S/C12H10BrN3OS/c13-8-2-1-4-14-10(8)11-15-9-3-5-17-6-7(9)12(18)16-11/h1-2,4H,3,5-6H2,(H,15,16,18). The second kappa shape index (κ2) is 4.87. The minimum atomic E-state index is 0.543. The van der Waals surface area contributed by atoms with Crippen molar-refractivity contribution in [2.24, 2.45) is 0 Å². The normalized spacial score (nSPS) is 14.3. The van der Waals surface area contributed by atoms with Gasteiger partial charge in [0.1, 0.15) is 10.3 Å². The van der Waals surface area contributed by atoms with Gasteiger partial charge in [0.2, 0.25) is 0 Å². The molecule has 0 unspecified atom stereocenters. The van der Waals surface area contributed by atoms with E-state index in [1.807, 2.05) is 12.1 Å². The number of rotatable bonds is 1. The molecule has 92 valence electrons. The van der Waals surface area contributed by atoms with Gasteiger partial charge >= 0.3 is 0 Å². The van der Waals surface area contributed by atoms with Crippen molar-refractivity contribution in [2.45, 2.75) is 13.0 Å². The van der Waals surface area contributed by atoms with Crippen LogP contribution in [0.4, 0.5) is 0 Å². The van der Waals surface area contributed by atoms with Crippen LogP contribution in [0.15, 0.2) is 22.8 Å². The Kier molecular flexibility index (Phi) is 3.23. The summed E-state index contributed by atoms with van der Waals surface area (Å²) in [7, 11) is 0. The molecule has 0 radical (unpaired) electrons. The van der Waals surface area contributed by atoms with Crippen molar-refractivity contribution in [1.82, 2.24) is 15.0 Å². The van der Waals surface area contributed by atoms with Crippen molar-refractivity contribution in [3.05, 3.63) is 38.7 Å². The van der Waals surface area contributed by atoms with E-state index in [0.29, 0.717) is 23.7 Å². The first-order chi connectivity index (χ1) is 8.75. The van der Waals surface area contributed by atoms with Crippen molar-refractivity contribution in [3.63, 3.8) is 0 Å². The van der Waals surface area contributed by atoms with Crippen LogP contribution in [0.1, 0.15) is 11.3 Å². The van der Waals surface area contributed by atoms with Crippen LogP contribution in [0.3, 0.4) is 0 Å².